The number of aldehydes is 1. The van der Waals surface area contributed by atoms with Gasteiger partial charge in [-0.15, -0.1) is 11.3 Å². The molecule has 46 heavy (non-hydrogen) atoms. The van der Waals surface area contributed by atoms with Gasteiger partial charge < -0.3 is 24.7 Å². The van der Waals surface area contributed by atoms with Crippen LogP contribution in [0.2, 0.25) is 0 Å². The van der Waals surface area contributed by atoms with Gasteiger partial charge in [-0.1, -0.05) is 19.3 Å². The summed E-state index contributed by atoms with van der Waals surface area (Å²) in [6.07, 6.45) is 11.4. The van der Waals surface area contributed by atoms with Crippen LogP contribution in [0.15, 0.2) is 36.1 Å². The Morgan fingerprint density at radius 1 is 1.13 bits per heavy atom. The summed E-state index contributed by atoms with van der Waals surface area (Å²) < 4.78 is 41.1. The van der Waals surface area contributed by atoms with Gasteiger partial charge in [-0.3, -0.25) is 14.3 Å². The van der Waals surface area contributed by atoms with Crippen molar-refractivity contribution >= 4 is 35.2 Å². The minimum Gasteiger partial charge on any atom is -0.469 e. The van der Waals surface area contributed by atoms with Crippen molar-refractivity contribution in [2.75, 3.05) is 26.1 Å². The third-order valence-corrected chi connectivity index (χ3v) is 7.43. The normalized spacial score (nSPS) is 12.7. The maximum atomic E-state index is 14.6. The molecule has 0 aliphatic heterocycles. The van der Waals surface area contributed by atoms with E-state index in [1.807, 2.05) is 0 Å². The quantitative estimate of drug-likeness (QED) is 0.134. The molecular weight excluding hydrogens is 624 g/mol. The number of pyridine rings is 1. The van der Waals surface area contributed by atoms with E-state index < -0.39 is 17.7 Å². The summed E-state index contributed by atoms with van der Waals surface area (Å²) in [4.78, 5) is 41.0. The number of rotatable bonds is 10. The van der Waals surface area contributed by atoms with Crippen LogP contribution in [0.1, 0.15) is 68.4 Å². The molecule has 0 atom stereocenters. The van der Waals surface area contributed by atoms with Crippen LogP contribution in [0, 0.1) is 11.8 Å². The Kier molecular flexibility index (Phi) is 14.5. The lowest BCUT2D eigenvalue weighted by molar-refractivity contribution is -0.141. The maximum Gasteiger partial charge on any atom is 0.305 e. The summed E-state index contributed by atoms with van der Waals surface area (Å²) >= 11 is 1.30. The number of methoxy groups -OCH3 is 2. The molecule has 0 saturated heterocycles. The van der Waals surface area contributed by atoms with E-state index in [1.54, 1.807) is 47.4 Å². The molecule has 5 rings (SSSR count). The molecule has 248 valence electrons. The van der Waals surface area contributed by atoms with Crippen molar-refractivity contribution in [1.29, 1.82) is 0 Å². The fourth-order valence-corrected chi connectivity index (χ4v) is 5.20. The van der Waals surface area contributed by atoms with Crippen LogP contribution in [-0.4, -0.2) is 73.6 Å². The van der Waals surface area contributed by atoms with Gasteiger partial charge in [0.05, 0.1) is 31.5 Å². The van der Waals surface area contributed by atoms with Gasteiger partial charge in [0, 0.05) is 43.5 Å². The molecule has 2 N–H and O–H groups in total. The number of halogens is 2. The van der Waals surface area contributed by atoms with Crippen molar-refractivity contribution in [3.05, 3.63) is 53.6 Å². The molecule has 1 aliphatic carbocycles. The van der Waals surface area contributed by atoms with Gasteiger partial charge in [-0.05, 0) is 31.9 Å². The Morgan fingerprint density at radius 3 is 2.54 bits per heavy atom. The first-order valence-electron chi connectivity index (χ1n) is 14.6. The number of hydrogen-bond acceptors (Lipinski definition) is 11. The highest BCUT2D eigenvalue weighted by Gasteiger charge is 2.24. The van der Waals surface area contributed by atoms with Crippen LogP contribution >= 0.6 is 11.3 Å². The smallest absolute Gasteiger partial charge is 0.305 e. The van der Waals surface area contributed by atoms with Gasteiger partial charge in [0.25, 0.3) is 5.91 Å². The highest BCUT2D eigenvalue weighted by Crippen LogP contribution is 2.34. The topological polar surface area (TPSA) is 163 Å². The molecule has 1 amide bonds. The Hall–Kier alpha value is -4.41. The Labute approximate surface area is 268 Å². The first-order valence-corrected chi connectivity index (χ1v) is 15.4. The molecule has 4 aromatic heterocycles. The van der Waals surface area contributed by atoms with E-state index in [2.05, 4.69) is 30.2 Å². The monoisotopic (exact) mass is 661 g/mol. The van der Waals surface area contributed by atoms with Crippen molar-refractivity contribution in [2.45, 2.75) is 64.6 Å². The van der Waals surface area contributed by atoms with Gasteiger partial charge in [0.15, 0.2) is 5.82 Å². The standard InChI is InChI=1S/C23H23F2N7O2S.C5H8O3.C2H6O/c1-34-13-31-10-14(9-26-31)23-28-18(12-35-23)22(33)27-17-11-32(15-5-3-2-4-6-15)30-21(17)20-16(24)7-8-19(25)29-20;1-8-5(7)3-2-4-6;1-2-3/h7-12,15H,2-6,13H2,1H3,(H,27,33);4H,2-3H2,1H3;3H,2H2,1H3. The van der Waals surface area contributed by atoms with Gasteiger partial charge >= 0.3 is 5.97 Å². The number of carbonyl (C=O) groups is 3. The predicted molar refractivity (Wildman–Crippen MR) is 166 cm³/mol. The second kappa shape index (κ2) is 18.5. The molecule has 13 nitrogen and oxygen atoms in total. The van der Waals surface area contributed by atoms with Crippen molar-refractivity contribution in [1.82, 2.24) is 29.5 Å². The van der Waals surface area contributed by atoms with Crippen LogP contribution < -0.4 is 5.32 Å². The van der Waals surface area contributed by atoms with Crippen molar-refractivity contribution in [2.24, 2.45) is 0 Å². The molecule has 1 fully saturated rings. The van der Waals surface area contributed by atoms with Crippen LogP contribution in [0.25, 0.3) is 22.0 Å². The maximum absolute atomic E-state index is 14.6. The second-order valence-corrected chi connectivity index (χ2v) is 10.8. The number of thiazole rings is 1. The Balaban J connectivity index is 0.000000453. The zero-order chi connectivity index (χ0) is 33.5. The van der Waals surface area contributed by atoms with Crippen molar-refractivity contribution < 1.29 is 37.7 Å². The highest BCUT2D eigenvalue weighted by molar-refractivity contribution is 7.13. The van der Waals surface area contributed by atoms with Crippen LogP contribution in [0.4, 0.5) is 14.5 Å². The SMILES string of the molecule is CCO.COC(=O)CCC=O.COCn1cc(-c2nc(C(=O)Nc3cn(C4CCCCC4)nc3-c3nc(F)ccc3F)cs2)cn1. The third-order valence-electron chi connectivity index (χ3n) is 6.54. The first-order chi connectivity index (χ1) is 22.2. The Morgan fingerprint density at radius 2 is 1.87 bits per heavy atom. The highest BCUT2D eigenvalue weighted by atomic mass is 32.1. The first kappa shape index (κ1) is 36.1. The second-order valence-electron chi connectivity index (χ2n) is 9.90. The molecule has 1 saturated carbocycles. The van der Waals surface area contributed by atoms with Crippen LogP contribution in [0.5, 0.6) is 0 Å². The van der Waals surface area contributed by atoms with E-state index in [0.717, 1.165) is 49.8 Å². The van der Waals surface area contributed by atoms with Crippen LogP contribution in [-0.2, 0) is 25.8 Å². The van der Waals surface area contributed by atoms with E-state index in [4.69, 9.17) is 9.84 Å². The van der Waals surface area contributed by atoms with Gasteiger partial charge in [-0.2, -0.15) is 14.6 Å². The number of aliphatic hydroxyl groups excluding tert-OH is 1. The molecule has 0 spiro atoms. The number of amides is 1. The average molecular weight is 662 g/mol. The number of nitrogens with zero attached hydrogens (tertiary/aromatic N) is 6. The molecule has 0 radical (unpaired) electrons. The zero-order valence-electron chi connectivity index (χ0n) is 25.8. The zero-order valence-corrected chi connectivity index (χ0v) is 26.6. The van der Waals surface area contributed by atoms with Gasteiger partial charge in [0.1, 0.15) is 35.1 Å². The fraction of sp³-hybridized carbons (Fsp3) is 0.433. The number of aliphatic hydroxyl groups is 1. The minimum atomic E-state index is -0.830. The van der Waals surface area contributed by atoms with Gasteiger partial charge in [-0.25, -0.2) is 19.0 Å². The van der Waals surface area contributed by atoms with E-state index in [9.17, 15) is 23.2 Å². The summed E-state index contributed by atoms with van der Waals surface area (Å²) in [6, 6.07) is 2.07. The number of carbonyl (C=O) groups excluding carboxylic acids is 3. The van der Waals surface area contributed by atoms with E-state index in [0.29, 0.717) is 18.0 Å². The largest absolute Gasteiger partial charge is 0.469 e. The average Bonchev–Trinajstić information content (AvgIpc) is 3.83. The van der Waals surface area contributed by atoms with E-state index >= 15 is 0 Å². The number of aromatic nitrogens is 6. The van der Waals surface area contributed by atoms with E-state index in [-0.39, 0.29) is 54.2 Å². The third kappa shape index (κ3) is 10.3. The number of hydrogen-bond donors (Lipinski definition) is 2. The molecule has 0 bridgehead atoms. The predicted octanol–water partition coefficient (Wildman–Crippen LogP) is 5.04. The summed E-state index contributed by atoms with van der Waals surface area (Å²) in [5.74, 6) is -2.38. The van der Waals surface area contributed by atoms with Crippen LogP contribution in [0.3, 0.4) is 0 Å². The summed E-state index contributed by atoms with van der Waals surface area (Å²) in [6.45, 7) is 2.23. The molecule has 4 aromatic rings. The summed E-state index contributed by atoms with van der Waals surface area (Å²) in [5, 5.41) is 21.3. The van der Waals surface area contributed by atoms with Crippen molar-refractivity contribution in [3.63, 3.8) is 0 Å². The molecule has 0 unspecified atom stereocenters. The molecule has 1 aliphatic rings. The summed E-state index contributed by atoms with van der Waals surface area (Å²) in [5.41, 5.74) is 1.02. The number of anilines is 1. The number of ether oxygens (including phenoxy) is 2. The molecule has 4 heterocycles. The Bertz CT molecular complexity index is 1570. The molecule has 0 aromatic carbocycles. The minimum absolute atomic E-state index is 0.0808. The lowest BCUT2D eigenvalue weighted by Gasteiger charge is -2.21. The molecular formula is C30H37F2N7O6S. The number of esters is 1. The van der Waals surface area contributed by atoms with Crippen molar-refractivity contribution in [3.8, 4) is 22.0 Å². The van der Waals surface area contributed by atoms with Gasteiger partial charge in [0.2, 0.25) is 5.95 Å². The molecule has 16 heteroatoms. The lowest BCUT2D eigenvalue weighted by atomic mass is 9.96. The summed E-state index contributed by atoms with van der Waals surface area (Å²) in [7, 11) is 2.87. The number of nitrogens with one attached hydrogen (secondary N) is 1. The lowest BCUT2D eigenvalue weighted by Crippen LogP contribution is -2.14. The van der Waals surface area contributed by atoms with E-state index in [1.165, 1.54) is 18.4 Å². The fourth-order valence-electron chi connectivity index (χ4n) is 4.43.